The second-order valence-corrected chi connectivity index (χ2v) is 7.69. The van der Waals surface area contributed by atoms with Gasteiger partial charge in [-0.25, -0.2) is 0 Å². The number of hydrogen-bond donors (Lipinski definition) is 1. The minimum atomic E-state index is -0.322. The Kier molecular flexibility index (Phi) is 6.40. The highest BCUT2D eigenvalue weighted by Crippen LogP contribution is 2.42. The summed E-state index contributed by atoms with van der Waals surface area (Å²) >= 11 is 0. The highest BCUT2D eigenvalue weighted by Gasteiger charge is 2.43. The molecule has 3 heteroatoms. The van der Waals surface area contributed by atoms with E-state index in [1.54, 1.807) is 7.11 Å². The summed E-state index contributed by atoms with van der Waals surface area (Å²) in [7, 11) is 1.78. The van der Waals surface area contributed by atoms with Crippen LogP contribution in [-0.2, 0) is 10.3 Å². The van der Waals surface area contributed by atoms with E-state index in [1.807, 2.05) is 0 Å². The van der Waals surface area contributed by atoms with Gasteiger partial charge in [0.05, 0.1) is 5.54 Å². The van der Waals surface area contributed by atoms with Crippen LogP contribution in [0.2, 0.25) is 0 Å². The zero-order valence-corrected chi connectivity index (χ0v) is 17.1. The van der Waals surface area contributed by atoms with Gasteiger partial charge < -0.3 is 10.1 Å². The van der Waals surface area contributed by atoms with Crippen molar-refractivity contribution in [3.8, 4) is 0 Å². The van der Waals surface area contributed by atoms with Crippen LogP contribution in [0.15, 0.2) is 91.0 Å². The highest BCUT2D eigenvalue weighted by atomic mass is 16.5. The molecular weight excluding hydrogens is 356 g/mol. The largest absolute Gasteiger partial charge is 0.385 e. The minimum absolute atomic E-state index is 0.322. The maximum Gasteiger partial charge on any atom is 0.0973 e. The third kappa shape index (κ3) is 3.99. The lowest BCUT2D eigenvalue weighted by Crippen LogP contribution is -2.59. The summed E-state index contributed by atoms with van der Waals surface area (Å²) < 4.78 is 5.36. The molecule has 150 valence electrons. The van der Waals surface area contributed by atoms with Crippen molar-refractivity contribution in [3.05, 3.63) is 108 Å². The van der Waals surface area contributed by atoms with Crippen molar-refractivity contribution in [2.45, 2.75) is 18.0 Å². The standard InChI is InChI=1S/C26H30N2O/c1-29-20-17-25-21-28(19-18-27-25)26(22-11-5-2-6-12-22,23-13-7-3-8-14-23)24-15-9-4-10-16-24/h2-16,25,27H,17-21H2,1H3/t25-/m0/s1. The first kappa shape index (κ1) is 19.8. The van der Waals surface area contributed by atoms with E-state index in [4.69, 9.17) is 4.74 Å². The molecule has 0 aliphatic carbocycles. The van der Waals surface area contributed by atoms with Crippen LogP contribution < -0.4 is 5.32 Å². The van der Waals surface area contributed by atoms with Crippen molar-refractivity contribution in [2.24, 2.45) is 0 Å². The first-order valence-corrected chi connectivity index (χ1v) is 10.5. The molecule has 1 aliphatic rings. The van der Waals surface area contributed by atoms with Gasteiger partial charge in [-0.1, -0.05) is 91.0 Å². The number of hydrogen-bond acceptors (Lipinski definition) is 3. The molecular formula is C26H30N2O. The van der Waals surface area contributed by atoms with E-state index in [2.05, 4.69) is 101 Å². The first-order chi connectivity index (χ1) is 14.4. The summed E-state index contributed by atoms with van der Waals surface area (Å²) in [6.07, 6.45) is 1.02. The number of rotatable bonds is 7. The Bertz CT molecular complexity index is 770. The summed E-state index contributed by atoms with van der Waals surface area (Å²) in [4.78, 5) is 2.66. The lowest BCUT2D eigenvalue weighted by atomic mass is 9.75. The molecule has 1 heterocycles. The average Bonchev–Trinajstić information content (AvgIpc) is 2.81. The van der Waals surface area contributed by atoms with Crippen molar-refractivity contribution in [2.75, 3.05) is 33.4 Å². The van der Waals surface area contributed by atoms with Crippen molar-refractivity contribution in [3.63, 3.8) is 0 Å². The quantitative estimate of drug-likeness (QED) is 0.613. The van der Waals surface area contributed by atoms with Gasteiger partial charge in [-0.15, -0.1) is 0 Å². The number of methoxy groups -OCH3 is 1. The maximum atomic E-state index is 5.36. The molecule has 0 amide bonds. The monoisotopic (exact) mass is 386 g/mol. The molecule has 29 heavy (non-hydrogen) atoms. The molecule has 0 bridgehead atoms. The molecule has 1 aliphatic heterocycles. The molecule has 4 rings (SSSR count). The van der Waals surface area contributed by atoms with Crippen LogP contribution in [0.5, 0.6) is 0 Å². The lowest BCUT2D eigenvalue weighted by Gasteiger charge is -2.49. The highest BCUT2D eigenvalue weighted by molar-refractivity contribution is 5.49. The summed E-state index contributed by atoms with van der Waals surface area (Å²) in [6, 6.07) is 33.3. The zero-order valence-electron chi connectivity index (χ0n) is 17.1. The predicted molar refractivity (Wildman–Crippen MR) is 119 cm³/mol. The van der Waals surface area contributed by atoms with Gasteiger partial charge in [0.2, 0.25) is 0 Å². The van der Waals surface area contributed by atoms with Crippen LogP contribution in [0.4, 0.5) is 0 Å². The number of benzene rings is 3. The molecule has 3 nitrogen and oxygen atoms in total. The van der Waals surface area contributed by atoms with Gasteiger partial charge >= 0.3 is 0 Å². The Hall–Kier alpha value is -2.46. The van der Waals surface area contributed by atoms with E-state index in [9.17, 15) is 0 Å². The van der Waals surface area contributed by atoms with Gasteiger partial charge in [-0.05, 0) is 23.1 Å². The summed E-state index contributed by atoms with van der Waals surface area (Å²) in [6.45, 7) is 3.72. The minimum Gasteiger partial charge on any atom is -0.385 e. The third-order valence-corrected chi connectivity index (χ3v) is 5.97. The summed E-state index contributed by atoms with van der Waals surface area (Å²) in [5.74, 6) is 0. The maximum absolute atomic E-state index is 5.36. The van der Waals surface area contributed by atoms with Crippen molar-refractivity contribution in [1.29, 1.82) is 0 Å². The number of nitrogens with one attached hydrogen (secondary N) is 1. The second kappa shape index (κ2) is 9.36. The third-order valence-electron chi connectivity index (χ3n) is 5.97. The summed E-state index contributed by atoms with van der Waals surface area (Å²) in [5.41, 5.74) is 3.61. The van der Waals surface area contributed by atoms with E-state index in [1.165, 1.54) is 16.7 Å². The van der Waals surface area contributed by atoms with Gasteiger partial charge in [0.1, 0.15) is 0 Å². The smallest absolute Gasteiger partial charge is 0.0973 e. The van der Waals surface area contributed by atoms with E-state index in [-0.39, 0.29) is 5.54 Å². The molecule has 1 saturated heterocycles. The van der Waals surface area contributed by atoms with Gasteiger partial charge in [0.15, 0.2) is 0 Å². The van der Waals surface area contributed by atoms with Crippen LogP contribution in [0.1, 0.15) is 23.1 Å². The molecule has 0 unspecified atom stereocenters. The lowest BCUT2D eigenvalue weighted by molar-refractivity contribution is 0.0948. The Morgan fingerprint density at radius 1 is 0.828 bits per heavy atom. The van der Waals surface area contributed by atoms with E-state index >= 15 is 0 Å². The van der Waals surface area contributed by atoms with Crippen molar-refractivity contribution >= 4 is 0 Å². The van der Waals surface area contributed by atoms with E-state index in [0.29, 0.717) is 6.04 Å². The molecule has 0 radical (unpaired) electrons. The van der Waals surface area contributed by atoms with Crippen LogP contribution in [-0.4, -0.2) is 44.3 Å². The SMILES string of the molecule is COCC[C@H]1CN(C(c2ccccc2)(c2ccccc2)c2ccccc2)CCN1. The number of ether oxygens (including phenoxy) is 1. The molecule has 0 aromatic heterocycles. The molecule has 1 N–H and O–H groups in total. The normalized spacial score (nSPS) is 17.9. The second-order valence-electron chi connectivity index (χ2n) is 7.69. The van der Waals surface area contributed by atoms with Crippen LogP contribution >= 0.6 is 0 Å². The van der Waals surface area contributed by atoms with Gasteiger partial charge in [-0.3, -0.25) is 4.90 Å². The van der Waals surface area contributed by atoms with Crippen LogP contribution in [0.25, 0.3) is 0 Å². The number of piperazine rings is 1. The molecule has 0 saturated carbocycles. The molecule has 1 atom stereocenters. The average molecular weight is 387 g/mol. The summed E-state index contributed by atoms with van der Waals surface area (Å²) in [5, 5.41) is 3.69. The topological polar surface area (TPSA) is 24.5 Å². The first-order valence-electron chi connectivity index (χ1n) is 10.5. The van der Waals surface area contributed by atoms with E-state index in [0.717, 1.165) is 32.7 Å². The van der Waals surface area contributed by atoms with Gasteiger partial charge in [0, 0.05) is 39.4 Å². The van der Waals surface area contributed by atoms with Gasteiger partial charge in [-0.2, -0.15) is 0 Å². The molecule has 1 fully saturated rings. The molecule has 3 aromatic carbocycles. The Morgan fingerprint density at radius 3 is 1.76 bits per heavy atom. The van der Waals surface area contributed by atoms with Crippen LogP contribution in [0, 0.1) is 0 Å². The Morgan fingerprint density at radius 2 is 1.31 bits per heavy atom. The Balaban J connectivity index is 1.88. The van der Waals surface area contributed by atoms with Crippen LogP contribution in [0.3, 0.4) is 0 Å². The Labute approximate surface area is 174 Å². The zero-order chi connectivity index (χ0) is 19.9. The van der Waals surface area contributed by atoms with Gasteiger partial charge in [0.25, 0.3) is 0 Å². The van der Waals surface area contributed by atoms with Crippen molar-refractivity contribution in [1.82, 2.24) is 10.2 Å². The molecule has 3 aromatic rings. The number of nitrogens with zero attached hydrogens (tertiary/aromatic N) is 1. The van der Waals surface area contributed by atoms with E-state index < -0.39 is 0 Å². The fourth-order valence-corrected chi connectivity index (χ4v) is 4.67. The fraction of sp³-hybridized carbons (Fsp3) is 0.308. The fourth-order valence-electron chi connectivity index (χ4n) is 4.67. The predicted octanol–water partition coefficient (Wildman–Crippen LogP) is 4.29. The van der Waals surface area contributed by atoms with Crippen molar-refractivity contribution < 1.29 is 4.74 Å². The molecule has 0 spiro atoms.